The number of amides is 1. The van der Waals surface area contributed by atoms with E-state index in [1.807, 2.05) is 30.3 Å². The number of rotatable bonds is 4. The molecule has 4 nitrogen and oxygen atoms in total. The summed E-state index contributed by atoms with van der Waals surface area (Å²) in [5, 5.41) is 7.17. The molecule has 0 bridgehead atoms. The van der Waals surface area contributed by atoms with E-state index in [-0.39, 0.29) is 5.91 Å². The van der Waals surface area contributed by atoms with Crippen LogP contribution in [0.25, 0.3) is 11.3 Å². The Balaban J connectivity index is 1.69. The molecule has 0 spiro atoms. The summed E-state index contributed by atoms with van der Waals surface area (Å²) < 4.78 is 0. The standard InChI is InChI=1S/C15H17N3OS/c19-13(9-12-7-4-8-16-12)18-15-14(17-10-20-15)11-5-2-1-3-6-11/h1-3,5-6,10,12,16H,4,7-9H2,(H,18,19). The van der Waals surface area contributed by atoms with Gasteiger partial charge in [0.15, 0.2) is 0 Å². The maximum atomic E-state index is 12.1. The molecule has 104 valence electrons. The van der Waals surface area contributed by atoms with Gasteiger partial charge in [-0.2, -0.15) is 0 Å². The van der Waals surface area contributed by atoms with Crippen LogP contribution in [0.5, 0.6) is 0 Å². The van der Waals surface area contributed by atoms with Crippen molar-refractivity contribution in [2.75, 3.05) is 11.9 Å². The number of hydrogen-bond donors (Lipinski definition) is 2. The van der Waals surface area contributed by atoms with E-state index >= 15 is 0 Å². The van der Waals surface area contributed by atoms with Crippen LogP contribution in [0.3, 0.4) is 0 Å². The lowest BCUT2D eigenvalue weighted by atomic mass is 10.1. The van der Waals surface area contributed by atoms with Gasteiger partial charge >= 0.3 is 0 Å². The van der Waals surface area contributed by atoms with Crippen LogP contribution in [0.4, 0.5) is 5.00 Å². The van der Waals surface area contributed by atoms with Gasteiger partial charge in [-0.05, 0) is 19.4 Å². The van der Waals surface area contributed by atoms with Gasteiger partial charge in [-0.3, -0.25) is 4.79 Å². The first-order valence-electron chi connectivity index (χ1n) is 6.85. The van der Waals surface area contributed by atoms with Gasteiger partial charge < -0.3 is 10.6 Å². The summed E-state index contributed by atoms with van der Waals surface area (Å²) in [4.78, 5) is 16.4. The predicted molar refractivity (Wildman–Crippen MR) is 81.8 cm³/mol. The highest BCUT2D eigenvalue weighted by Gasteiger charge is 2.19. The highest BCUT2D eigenvalue weighted by molar-refractivity contribution is 7.14. The first-order chi connectivity index (χ1) is 9.83. The molecule has 0 radical (unpaired) electrons. The maximum absolute atomic E-state index is 12.1. The zero-order valence-corrected chi connectivity index (χ0v) is 12.0. The molecule has 2 N–H and O–H groups in total. The van der Waals surface area contributed by atoms with Gasteiger partial charge in [-0.25, -0.2) is 4.98 Å². The van der Waals surface area contributed by atoms with Crippen LogP contribution >= 0.6 is 11.3 Å². The van der Waals surface area contributed by atoms with Crippen molar-refractivity contribution in [1.29, 1.82) is 0 Å². The number of carbonyl (C=O) groups is 1. The van der Waals surface area contributed by atoms with Crippen molar-refractivity contribution >= 4 is 22.2 Å². The van der Waals surface area contributed by atoms with Crippen LogP contribution in [-0.4, -0.2) is 23.5 Å². The molecule has 1 saturated heterocycles. The molecular formula is C15H17N3OS. The van der Waals surface area contributed by atoms with Crippen molar-refractivity contribution in [2.45, 2.75) is 25.3 Å². The quantitative estimate of drug-likeness (QED) is 0.909. The Morgan fingerprint density at radius 3 is 3.00 bits per heavy atom. The number of thiazole rings is 1. The maximum Gasteiger partial charge on any atom is 0.226 e. The van der Waals surface area contributed by atoms with Crippen LogP contribution in [0, 0.1) is 0 Å². The van der Waals surface area contributed by atoms with E-state index in [9.17, 15) is 4.79 Å². The molecule has 3 rings (SSSR count). The van der Waals surface area contributed by atoms with Gasteiger partial charge in [0.1, 0.15) is 10.7 Å². The van der Waals surface area contributed by atoms with E-state index in [0.717, 1.165) is 35.6 Å². The second kappa shape index (κ2) is 6.15. The fourth-order valence-electron chi connectivity index (χ4n) is 2.47. The van der Waals surface area contributed by atoms with Crippen LogP contribution in [0.15, 0.2) is 35.8 Å². The average molecular weight is 287 g/mol. The van der Waals surface area contributed by atoms with E-state index in [0.29, 0.717) is 12.5 Å². The van der Waals surface area contributed by atoms with Crippen molar-refractivity contribution < 1.29 is 4.79 Å². The van der Waals surface area contributed by atoms with Crippen LogP contribution in [0.2, 0.25) is 0 Å². The topological polar surface area (TPSA) is 54.0 Å². The minimum atomic E-state index is 0.0610. The minimum absolute atomic E-state index is 0.0610. The first kappa shape index (κ1) is 13.3. The summed E-state index contributed by atoms with van der Waals surface area (Å²) in [7, 11) is 0. The number of anilines is 1. The zero-order chi connectivity index (χ0) is 13.8. The van der Waals surface area contributed by atoms with Gasteiger partial charge in [-0.15, -0.1) is 11.3 Å². The molecule has 2 aromatic rings. The number of benzene rings is 1. The smallest absolute Gasteiger partial charge is 0.226 e. The molecule has 1 atom stereocenters. The molecule has 1 aliphatic rings. The fraction of sp³-hybridized carbons (Fsp3) is 0.333. The lowest BCUT2D eigenvalue weighted by Crippen LogP contribution is -2.27. The highest BCUT2D eigenvalue weighted by Crippen LogP contribution is 2.30. The normalized spacial score (nSPS) is 18.1. The molecular weight excluding hydrogens is 270 g/mol. The molecule has 1 aromatic heterocycles. The third-order valence-corrected chi connectivity index (χ3v) is 4.20. The number of aromatic nitrogens is 1. The zero-order valence-electron chi connectivity index (χ0n) is 11.1. The summed E-state index contributed by atoms with van der Waals surface area (Å²) in [6.45, 7) is 1.02. The number of carbonyl (C=O) groups excluding carboxylic acids is 1. The molecule has 1 unspecified atom stereocenters. The van der Waals surface area contributed by atoms with Crippen LogP contribution in [0.1, 0.15) is 19.3 Å². The van der Waals surface area contributed by atoms with E-state index in [1.165, 1.54) is 11.3 Å². The highest BCUT2D eigenvalue weighted by atomic mass is 32.1. The van der Waals surface area contributed by atoms with E-state index in [2.05, 4.69) is 15.6 Å². The van der Waals surface area contributed by atoms with Crippen molar-refractivity contribution in [3.8, 4) is 11.3 Å². The summed E-state index contributed by atoms with van der Waals surface area (Å²) >= 11 is 1.47. The van der Waals surface area contributed by atoms with Crippen molar-refractivity contribution in [2.24, 2.45) is 0 Å². The van der Waals surface area contributed by atoms with Crippen molar-refractivity contribution in [3.05, 3.63) is 35.8 Å². The molecule has 1 aromatic carbocycles. The number of nitrogens with zero attached hydrogens (tertiary/aromatic N) is 1. The SMILES string of the molecule is O=C(CC1CCCN1)Nc1scnc1-c1ccccc1. The Labute approximate surface area is 122 Å². The summed E-state index contributed by atoms with van der Waals surface area (Å²) in [5.74, 6) is 0.0610. The Bertz CT molecular complexity index is 576. The fourth-order valence-corrected chi connectivity index (χ4v) is 3.19. The van der Waals surface area contributed by atoms with E-state index in [4.69, 9.17) is 0 Å². The molecule has 2 heterocycles. The largest absolute Gasteiger partial charge is 0.316 e. The molecule has 5 heteroatoms. The van der Waals surface area contributed by atoms with Gasteiger partial charge in [0.2, 0.25) is 5.91 Å². The van der Waals surface area contributed by atoms with Crippen LogP contribution < -0.4 is 10.6 Å². The predicted octanol–water partition coefficient (Wildman–Crippen LogP) is 2.89. The number of nitrogens with one attached hydrogen (secondary N) is 2. The lowest BCUT2D eigenvalue weighted by Gasteiger charge is -2.10. The minimum Gasteiger partial charge on any atom is -0.316 e. The van der Waals surface area contributed by atoms with E-state index < -0.39 is 0 Å². The van der Waals surface area contributed by atoms with Crippen LogP contribution in [-0.2, 0) is 4.79 Å². The van der Waals surface area contributed by atoms with Gasteiger partial charge in [0.25, 0.3) is 0 Å². The van der Waals surface area contributed by atoms with Gasteiger partial charge in [0.05, 0.1) is 5.51 Å². The average Bonchev–Trinajstić information content (AvgIpc) is 3.11. The van der Waals surface area contributed by atoms with Crippen molar-refractivity contribution in [1.82, 2.24) is 10.3 Å². The molecule has 1 aliphatic heterocycles. The summed E-state index contributed by atoms with van der Waals surface area (Å²) in [5.41, 5.74) is 3.65. The van der Waals surface area contributed by atoms with Gasteiger partial charge in [-0.1, -0.05) is 30.3 Å². The monoisotopic (exact) mass is 287 g/mol. The first-order valence-corrected chi connectivity index (χ1v) is 7.73. The molecule has 0 aliphatic carbocycles. The molecule has 0 saturated carbocycles. The molecule has 20 heavy (non-hydrogen) atoms. The third-order valence-electron chi connectivity index (χ3n) is 3.46. The molecule has 1 amide bonds. The summed E-state index contributed by atoms with van der Waals surface area (Å²) in [6, 6.07) is 10.3. The van der Waals surface area contributed by atoms with Gasteiger partial charge in [0, 0.05) is 18.0 Å². The lowest BCUT2D eigenvalue weighted by molar-refractivity contribution is -0.116. The Hall–Kier alpha value is -1.72. The third kappa shape index (κ3) is 3.05. The Morgan fingerprint density at radius 2 is 2.25 bits per heavy atom. The second-order valence-electron chi connectivity index (χ2n) is 4.94. The Morgan fingerprint density at radius 1 is 1.40 bits per heavy atom. The number of hydrogen-bond acceptors (Lipinski definition) is 4. The van der Waals surface area contributed by atoms with E-state index in [1.54, 1.807) is 5.51 Å². The summed E-state index contributed by atoms with van der Waals surface area (Å²) in [6.07, 6.45) is 2.78. The second-order valence-corrected chi connectivity index (χ2v) is 5.80. The molecule has 1 fully saturated rings. The Kier molecular flexibility index (Phi) is 4.08. The van der Waals surface area contributed by atoms with Crippen molar-refractivity contribution in [3.63, 3.8) is 0 Å².